The minimum Gasteiger partial charge on any atom is -0.455 e. The van der Waals surface area contributed by atoms with Gasteiger partial charge in [-0.25, -0.2) is 4.85 Å². The van der Waals surface area contributed by atoms with Gasteiger partial charge in [0, 0.05) is 32.6 Å². The Morgan fingerprint density at radius 1 is 0.468 bits per heavy atom. The van der Waals surface area contributed by atoms with Crippen LogP contribution >= 0.6 is 0 Å². The van der Waals surface area contributed by atoms with Crippen molar-refractivity contribution in [3.8, 4) is 22.5 Å². The molecule has 4 nitrogen and oxygen atoms in total. The lowest BCUT2D eigenvalue weighted by Gasteiger charge is -2.17. The molecule has 47 heavy (non-hydrogen) atoms. The number of hydrogen-bond acceptors (Lipinski definition) is 1. The van der Waals surface area contributed by atoms with Crippen LogP contribution in [0.15, 0.2) is 156 Å². The fourth-order valence-electron chi connectivity index (χ4n) is 7.57. The van der Waals surface area contributed by atoms with Crippen LogP contribution in [0.4, 0.5) is 5.69 Å². The van der Waals surface area contributed by atoms with Gasteiger partial charge in [-0.1, -0.05) is 97.1 Å². The first-order valence-electron chi connectivity index (χ1n) is 15.7. The lowest BCUT2D eigenvalue weighted by Crippen LogP contribution is -1.98. The van der Waals surface area contributed by atoms with E-state index in [4.69, 9.17) is 11.0 Å². The second-order valence-corrected chi connectivity index (χ2v) is 12.0. The van der Waals surface area contributed by atoms with E-state index in [1.54, 1.807) is 0 Å². The fraction of sp³-hybridized carbons (Fsp3) is 0. The van der Waals surface area contributed by atoms with E-state index in [9.17, 15) is 0 Å². The van der Waals surface area contributed by atoms with Gasteiger partial charge in [0.2, 0.25) is 0 Å². The number of benzene rings is 7. The Kier molecular flexibility index (Phi) is 5.32. The predicted octanol–water partition coefficient (Wildman–Crippen LogP) is 12.0. The van der Waals surface area contributed by atoms with Gasteiger partial charge in [-0.3, -0.25) is 0 Å². The van der Waals surface area contributed by atoms with E-state index in [-0.39, 0.29) is 0 Å². The Hall–Kier alpha value is -6.57. The topological polar surface area (TPSA) is 27.4 Å². The first-order valence-corrected chi connectivity index (χ1v) is 15.7. The molecule has 3 aromatic heterocycles. The third-order valence-corrected chi connectivity index (χ3v) is 9.55. The Morgan fingerprint density at radius 2 is 1.09 bits per heavy atom. The molecule has 0 saturated heterocycles. The molecular formula is C43H25N3O. The van der Waals surface area contributed by atoms with E-state index < -0.39 is 0 Å². The summed E-state index contributed by atoms with van der Waals surface area (Å²) in [6.07, 6.45) is 0. The second kappa shape index (κ2) is 9.71. The number of furan rings is 1. The molecule has 7 aromatic carbocycles. The van der Waals surface area contributed by atoms with E-state index in [2.05, 4.69) is 147 Å². The quantitative estimate of drug-likeness (QED) is 0.186. The van der Waals surface area contributed by atoms with Crippen molar-refractivity contribution >= 4 is 71.2 Å². The molecule has 10 rings (SSSR count). The lowest BCUT2D eigenvalue weighted by atomic mass is 10.0. The van der Waals surface area contributed by atoms with Crippen LogP contribution < -0.4 is 0 Å². The van der Waals surface area contributed by atoms with Gasteiger partial charge in [-0.2, -0.15) is 0 Å². The van der Waals surface area contributed by atoms with Crippen LogP contribution in [-0.4, -0.2) is 9.13 Å². The predicted molar refractivity (Wildman–Crippen MR) is 194 cm³/mol. The van der Waals surface area contributed by atoms with Crippen molar-refractivity contribution in [3.05, 3.63) is 163 Å². The molecule has 0 N–H and O–H groups in total. The summed E-state index contributed by atoms with van der Waals surface area (Å²) in [7, 11) is 0. The van der Waals surface area contributed by atoms with E-state index in [0.29, 0.717) is 5.69 Å². The van der Waals surface area contributed by atoms with Gasteiger partial charge in [0.05, 0.1) is 39.7 Å². The number of para-hydroxylation sites is 5. The molecule has 4 heteroatoms. The summed E-state index contributed by atoms with van der Waals surface area (Å²) in [4.78, 5) is 4.02. The normalized spacial score (nSPS) is 11.8. The Balaban J connectivity index is 1.26. The van der Waals surface area contributed by atoms with Gasteiger partial charge in [-0.05, 0) is 65.7 Å². The fourth-order valence-corrected chi connectivity index (χ4v) is 7.57. The highest BCUT2D eigenvalue weighted by Crippen LogP contribution is 2.43. The standard InChI is InChI=1S/C43H25N3O/c1-44-35-24-22-27(45-39-20-10-5-16-33(39)42-40(45)25-23-32-31-15-6-11-21-41(31)47-43(32)42)26-34(35)30-14-4-9-19-38(30)46-36-17-7-2-12-28(36)29-13-3-8-18-37(29)46/h2-26H. The molecule has 0 radical (unpaired) electrons. The second-order valence-electron chi connectivity index (χ2n) is 12.0. The third-order valence-electron chi connectivity index (χ3n) is 9.55. The van der Waals surface area contributed by atoms with Crippen molar-refractivity contribution in [1.82, 2.24) is 9.13 Å². The summed E-state index contributed by atoms with van der Waals surface area (Å²) >= 11 is 0. The summed E-state index contributed by atoms with van der Waals surface area (Å²) < 4.78 is 11.2. The maximum Gasteiger partial charge on any atom is 0.195 e. The first-order chi connectivity index (χ1) is 23.3. The lowest BCUT2D eigenvalue weighted by molar-refractivity contribution is 0.673. The minimum absolute atomic E-state index is 0.613. The molecule has 10 aromatic rings. The molecule has 0 aliphatic heterocycles. The SMILES string of the molecule is [C-]#[N+]c1ccc(-n2c3ccccc3c3c4oc5ccccc5c4ccc32)cc1-c1ccccc1-n1c2ccccc2c2ccccc21. The van der Waals surface area contributed by atoms with Gasteiger partial charge in [0.25, 0.3) is 0 Å². The molecule has 0 saturated carbocycles. The van der Waals surface area contributed by atoms with Crippen LogP contribution in [0.1, 0.15) is 0 Å². The maximum absolute atomic E-state index is 8.19. The summed E-state index contributed by atoms with van der Waals surface area (Å²) in [6.45, 7) is 8.19. The average molecular weight is 600 g/mol. The third kappa shape index (κ3) is 3.57. The van der Waals surface area contributed by atoms with Gasteiger partial charge in [0.1, 0.15) is 11.2 Å². The molecule has 0 unspecified atom stereocenters. The van der Waals surface area contributed by atoms with Crippen molar-refractivity contribution in [2.24, 2.45) is 0 Å². The van der Waals surface area contributed by atoms with Crippen LogP contribution in [0.5, 0.6) is 0 Å². The zero-order chi connectivity index (χ0) is 31.1. The summed E-state index contributed by atoms with van der Waals surface area (Å²) in [6, 6.07) is 52.8. The molecule has 3 heterocycles. The van der Waals surface area contributed by atoms with Crippen molar-refractivity contribution < 1.29 is 4.42 Å². The number of hydrogen-bond donors (Lipinski definition) is 0. The van der Waals surface area contributed by atoms with Crippen LogP contribution in [0.3, 0.4) is 0 Å². The van der Waals surface area contributed by atoms with E-state index in [1.165, 1.54) is 10.8 Å². The zero-order valence-corrected chi connectivity index (χ0v) is 25.2. The molecule has 0 aliphatic carbocycles. The van der Waals surface area contributed by atoms with E-state index >= 15 is 0 Å². The first kappa shape index (κ1) is 25.7. The molecule has 0 amide bonds. The van der Waals surface area contributed by atoms with Crippen molar-refractivity contribution in [1.29, 1.82) is 0 Å². The summed E-state index contributed by atoms with van der Waals surface area (Å²) in [5.74, 6) is 0. The Bertz CT molecular complexity index is 2880. The largest absolute Gasteiger partial charge is 0.455 e. The number of fused-ring (bicyclic) bond motifs is 10. The number of rotatable bonds is 3. The van der Waals surface area contributed by atoms with Crippen LogP contribution in [0.2, 0.25) is 0 Å². The maximum atomic E-state index is 8.19. The molecule has 0 spiro atoms. The van der Waals surface area contributed by atoms with Gasteiger partial charge < -0.3 is 13.6 Å². The number of aromatic nitrogens is 2. The summed E-state index contributed by atoms with van der Waals surface area (Å²) in [5, 5.41) is 6.87. The molecule has 0 atom stereocenters. The smallest absolute Gasteiger partial charge is 0.195 e. The molecular weight excluding hydrogens is 574 g/mol. The summed E-state index contributed by atoms with van der Waals surface area (Å²) in [5.41, 5.74) is 10.8. The van der Waals surface area contributed by atoms with Crippen molar-refractivity contribution in [3.63, 3.8) is 0 Å². The minimum atomic E-state index is 0.613. The van der Waals surface area contributed by atoms with Crippen LogP contribution in [0.25, 0.3) is 92.9 Å². The molecule has 0 fully saturated rings. The van der Waals surface area contributed by atoms with Crippen molar-refractivity contribution in [2.45, 2.75) is 0 Å². The van der Waals surface area contributed by atoms with Gasteiger partial charge >= 0.3 is 0 Å². The number of nitrogens with zero attached hydrogens (tertiary/aromatic N) is 3. The monoisotopic (exact) mass is 599 g/mol. The highest BCUT2D eigenvalue weighted by Gasteiger charge is 2.21. The van der Waals surface area contributed by atoms with Gasteiger partial charge in [-0.15, -0.1) is 0 Å². The molecule has 0 aliphatic rings. The highest BCUT2D eigenvalue weighted by atomic mass is 16.3. The Morgan fingerprint density at radius 3 is 1.83 bits per heavy atom. The van der Waals surface area contributed by atoms with Crippen LogP contribution in [-0.2, 0) is 0 Å². The van der Waals surface area contributed by atoms with Crippen LogP contribution in [0, 0.1) is 6.57 Å². The highest BCUT2D eigenvalue weighted by molar-refractivity contribution is 6.24. The molecule has 0 bridgehead atoms. The van der Waals surface area contributed by atoms with Crippen molar-refractivity contribution in [2.75, 3.05) is 0 Å². The zero-order valence-electron chi connectivity index (χ0n) is 25.2. The van der Waals surface area contributed by atoms with Gasteiger partial charge in [0.15, 0.2) is 5.69 Å². The average Bonchev–Trinajstić information content (AvgIpc) is 3.79. The van der Waals surface area contributed by atoms with E-state index in [0.717, 1.165) is 77.3 Å². The molecule has 218 valence electrons. The Labute approximate surface area is 269 Å². The van der Waals surface area contributed by atoms with E-state index in [1.807, 2.05) is 18.2 Å².